The van der Waals surface area contributed by atoms with Crippen molar-refractivity contribution in [2.45, 2.75) is 24.8 Å². The maximum absolute atomic E-state index is 12.1. The maximum atomic E-state index is 12.1. The van der Waals surface area contributed by atoms with E-state index in [1.807, 2.05) is 13.8 Å². The van der Waals surface area contributed by atoms with Crippen LogP contribution in [0, 0.1) is 0 Å². The zero-order valence-electron chi connectivity index (χ0n) is 12.4. The third kappa shape index (κ3) is 3.49. The Balaban J connectivity index is 2.13. The topological polar surface area (TPSA) is 117 Å². The molecule has 1 amide bonds. The first kappa shape index (κ1) is 16.1. The van der Waals surface area contributed by atoms with Crippen LogP contribution in [0.2, 0.25) is 0 Å². The highest BCUT2D eigenvalue weighted by Crippen LogP contribution is 2.15. The second-order valence-corrected chi connectivity index (χ2v) is 6.74. The lowest BCUT2D eigenvalue weighted by molar-refractivity contribution is 0.102. The van der Waals surface area contributed by atoms with E-state index in [1.54, 1.807) is 6.07 Å². The van der Waals surface area contributed by atoms with Crippen molar-refractivity contribution in [2.24, 2.45) is 0 Å². The molecule has 0 unspecified atom stereocenters. The van der Waals surface area contributed by atoms with Gasteiger partial charge in [-0.1, -0.05) is 13.8 Å². The molecule has 0 aromatic carbocycles. The predicted octanol–water partition coefficient (Wildman–Crippen LogP) is 1.09. The van der Waals surface area contributed by atoms with Gasteiger partial charge >= 0.3 is 0 Å². The van der Waals surface area contributed by atoms with Crippen molar-refractivity contribution in [3.05, 3.63) is 35.7 Å². The SMILES string of the molecule is CNS(=O)(=O)c1ccc(C(=O)Nc2cc(C(C)C)[nH]n2)cn1. The molecular weight excluding hydrogens is 306 g/mol. The van der Waals surface area contributed by atoms with E-state index >= 15 is 0 Å². The van der Waals surface area contributed by atoms with E-state index in [0.29, 0.717) is 5.82 Å². The van der Waals surface area contributed by atoms with E-state index in [1.165, 1.54) is 25.4 Å². The predicted molar refractivity (Wildman–Crippen MR) is 81.1 cm³/mol. The number of pyridine rings is 1. The van der Waals surface area contributed by atoms with E-state index in [0.717, 1.165) is 5.69 Å². The summed E-state index contributed by atoms with van der Waals surface area (Å²) in [6.07, 6.45) is 1.20. The first-order chi connectivity index (χ1) is 10.3. The molecule has 8 nitrogen and oxygen atoms in total. The van der Waals surface area contributed by atoms with Crippen LogP contribution >= 0.6 is 0 Å². The van der Waals surface area contributed by atoms with Crippen LogP contribution in [0.15, 0.2) is 29.4 Å². The Hall–Kier alpha value is -2.26. The van der Waals surface area contributed by atoms with Crippen LogP contribution in [0.5, 0.6) is 0 Å². The average molecular weight is 323 g/mol. The van der Waals surface area contributed by atoms with E-state index < -0.39 is 15.9 Å². The summed E-state index contributed by atoms with van der Waals surface area (Å²) in [6, 6.07) is 4.41. The summed E-state index contributed by atoms with van der Waals surface area (Å²) in [7, 11) is -2.32. The number of anilines is 1. The fraction of sp³-hybridized carbons (Fsp3) is 0.308. The number of hydrogen-bond acceptors (Lipinski definition) is 5. The van der Waals surface area contributed by atoms with Gasteiger partial charge in [0, 0.05) is 18.0 Å². The Morgan fingerprint density at radius 3 is 2.55 bits per heavy atom. The number of aromatic nitrogens is 3. The van der Waals surface area contributed by atoms with Crippen molar-refractivity contribution in [3.8, 4) is 0 Å². The Morgan fingerprint density at radius 1 is 1.32 bits per heavy atom. The normalized spacial score (nSPS) is 11.6. The molecule has 3 N–H and O–H groups in total. The van der Waals surface area contributed by atoms with Crippen LogP contribution in [-0.2, 0) is 10.0 Å². The summed E-state index contributed by atoms with van der Waals surface area (Å²) in [4.78, 5) is 15.8. The van der Waals surface area contributed by atoms with Gasteiger partial charge in [0.2, 0.25) is 0 Å². The second-order valence-electron chi connectivity index (χ2n) is 4.91. The number of hydrogen-bond donors (Lipinski definition) is 3. The number of nitrogens with one attached hydrogen (secondary N) is 3. The minimum Gasteiger partial charge on any atom is -0.305 e. The third-order valence-corrected chi connectivity index (χ3v) is 4.33. The van der Waals surface area contributed by atoms with Gasteiger partial charge in [-0.15, -0.1) is 0 Å². The molecule has 9 heteroatoms. The molecule has 0 atom stereocenters. The van der Waals surface area contributed by atoms with Crippen molar-refractivity contribution in [1.82, 2.24) is 19.9 Å². The first-order valence-corrected chi connectivity index (χ1v) is 8.08. The molecule has 0 aliphatic rings. The van der Waals surface area contributed by atoms with Crippen LogP contribution in [0.1, 0.15) is 35.8 Å². The summed E-state index contributed by atoms with van der Waals surface area (Å²) >= 11 is 0. The summed E-state index contributed by atoms with van der Waals surface area (Å²) in [5.74, 6) is 0.259. The summed E-state index contributed by atoms with van der Waals surface area (Å²) in [6.45, 7) is 4.01. The van der Waals surface area contributed by atoms with Gasteiger partial charge in [-0.3, -0.25) is 9.89 Å². The maximum Gasteiger partial charge on any atom is 0.258 e. The van der Waals surface area contributed by atoms with Crippen LogP contribution < -0.4 is 10.0 Å². The Kier molecular flexibility index (Phi) is 4.57. The van der Waals surface area contributed by atoms with Gasteiger partial charge in [-0.2, -0.15) is 5.10 Å². The quantitative estimate of drug-likeness (QED) is 0.761. The number of sulfonamides is 1. The number of rotatable bonds is 5. The highest BCUT2D eigenvalue weighted by Gasteiger charge is 2.15. The zero-order chi connectivity index (χ0) is 16.3. The molecule has 0 fully saturated rings. The Labute approximate surface area is 128 Å². The molecule has 2 heterocycles. The number of carbonyl (C=O) groups is 1. The standard InChI is InChI=1S/C13H17N5O3S/c1-8(2)10-6-11(18-17-10)16-13(19)9-4-5-12(15-7-9)22(20,21)14-3/h4-8,14H,1-3H3,(H2,16,17,18,19). The van der Waals surface area contributed by atoms with Crippen LogP contribution in [0.25, 0.3) is 0 Å². The molecule has 0 saturated carbocycles. The highest BCUT2D eigenvalue weighted by atomic mass is 32.2. The molecule has 22 heavy (non-hydrogen) atoms. The monoisotopic (exact) mass is 323 g/mol. The van der Waals surface area contributed by atoms with Crippen LogP contribution in [0.3, 0.4) is 0 Å². The average Bonchev–Trinajstić information content (AvgIpc) is 2.96. The van der Waals surface area contributed by atoms with E-state index in [-0.39, 0.29) is 16.5 Å². The van der Waals surface area contributed by atoms with Crippen LogP contribution in [-0.4, -0.2) is 36.6 Å². The summed E-state index contributed by atoms with van der Waals surface area (Å²) in [5, 5.41) is 9.29. The first-order valence-electron chi connectivity index (χ1n) is 6.59. The van der Waals surface area contributed by atoms with Gasteiger partial charge in [0.1, 0.15) is 0 Å². The Morgan fingerprint density at radius 2 is 2.05 bits per heavy atom. The molecule has 2 aromatic rings. The second kappa shape index (κ2) is 6.24. The van der Waals surface area contributed by atoms with Gasteiger partial charge in [-0.05, 0) is 25.1 Å². The van der Waals surface area contributed by atoms with E-state index in [9.17, 15) is 13.2 Å². The number of aromatic amines is 1. The molecular formula is C13H17N5O3S. The molecule has 2 rings (SSSR count). The molecule has 118 valence electrons. The van der Waals surface area contributed by atoms with Crippen molar-refractivity contribution in [2.75, 3.05) is 12.4 Å². The molecule has 0 radical (unpaired) electrons. The van der Waals surface area contributed by atoms with E-state index in [4.69, 9.17) is 0 Å². The summed E-state index contributed by atoms with van der Waals surface area (Å²) in [5.41, 5.74) is 1.15. The molecule has 0 bridgehead atoms. The van der Waals surface area contributed by atoms with E-state index in [2.05, 4.69) is 25.2 Å². The highest BCUT2D eigenvalue weighted by molar-refractivity contribution is 7.89. The molecule has 0 aliphatic carbocycles. The van der Waals surface area contributed by atoms with Crippen LogP contribution in [0.4, 0.5) is 5.82 Å². The van der Waals surface area contributed by atoms with Gasteiger partial charge in [0.25, 0.3) is 15.9 Å². The number of carbonyl (C=O) groups excluding carboxylic acids is 1. The van der Waals surface area contributed by atoms with Gasteiger partial charge in [0.05, 0.1) is 5.56 Å². The van der Waals surface area contributed by atoms with Crippen molar-refractivity contribution >= 4 is 21.7 Å². The van der Waals surface area contributed by atoms with Crippen molar-refractivity contribution < 1.29 is 13.2 Å². The summed E-state index contributed by atoms with van der Waals surface area (Å²) < 4.78 is 25.3. The largest absolute Gasteiger partial charge is 0.305 e. The van der Waals surface area contributed by atoms with Gasteiger partial charge in [-0.25, -0.2) is 18.1 Å². The minimum atomic E-state index is -3.62. The fourth-order valence-electron chi connectivity index (χ4n) is 1.66. The number of nitrogens with zero attached hydrogens (tertiary/aromatic N) is 2. The minimum absolute atomic E-state index is 0.145. The van der Waals surface area contributed by atoms with Crippen molar-refractivity contribution in [1.29, 1.82) is 0 Å². The Bertz CT molecular complexity index is 765. The smallest absolute Gasteiger partial charge is 0.258 e. The van der Waals surface area contributed by atoms with Gasteiger partial charge in [0.15, 0.2) is 10.8 Å². The molecule has 0 spiro atoms. The lowest BCUT2D eigenvalue weighted by Crippen LogP contribution is -2.20. The molecule has 2 aromatic heterocycles. The molecule has 0 saturated heterocycles. The lowest BCUT2D eigenvalue weighted by atomic mass is 10.1. The fourth-order valence-corrected chi connectivity index (χ4v) is 2.31. The third-order valence-electron chi connectivity index (χ3n) is 3.00. The van der Waals surface area contributed by atoms with Crippen molar-refractivity contribution in [3.63, 3.8) is 0 Å². The number of H-pyrrole nitrogens is 1. The number of amides is 1. The van der Waals surface area contributed by atoms with Gasteiger partial charge < -0.3 is 5.32 Å². The lowest BCUT2D eigenvalue weighted by Gasteiger charge is -2.04. The zero-order valence-corrected chi connectivity index (χ0v) is 13.2. The molecule has 0 aliphatic heterocycles.